The Hall–Kier alpha value is -2.52. The fourth-order valence-corrected chi connectivity index (χ4v) is 6.51. The molecule has 2 amide bonds. The molecule has 1 fully saturated rings. The van der Waals surface area contributed by atoms with Crippen LogP contribution in [0.2, 0.25) is 0 Å². The van der Waals surface area contributed by atoms with Crippen LogP contribution in [0.3, 0.4) is 0 Å². The van der Waals surface area contributed by atoms with Crippen LogP contribution in [0.5, 0.6) is 0 Å². The first-order valence-electron chi connectivity index (χ1n) is 10.7. The molecule has 2 aliphatic heterocycles. The number of nitrogens with zero attached hydrogens (tertiary/aromatic N) is 2. The monoisotopic (exact) mass is 473 g/mol. The highest BCUT2D eigenvalue weighted by atomic mass is 32.2. The maximum absolute atomic E-state index is 13.0. The third-order valence-corrected chi connectivity index (χ3v) is 8.93. The Labute approximate surface area is 193 Å². The minimum atomic E-state index is -3.68. The Balaban J connectivity index is 1.39. The highest BCUT2D eigenvalue weighted by Gasteiger charge is 2.30. The summed E-state index contributed by atoms with van der Waals surface area (Å²) in [7, 11) is -3.68. The van der Waals surface area contributed by atoms with Gasteiger partial charge in [0.15, 0.2) is 9.84 Å². The van der Waals surface area contributed by atoms with Gasteiger partial charge >= 0.3 is 0 Å². The van der Waals surface area contributed by atoms with Gasteiger partial charge in [0.2, 0.25) is 11.8 Å². The van der Waals surface area contributed by atoms with E-state index in [1.165, 1.54) is 17.8 Å². The Morgan fingerprint density at radius 1 is 1.12 bits per heavy atom. The molecule has 9 heteroatoms. The Morgan fingerprint density at radius 3 is 2.50 bits per heavy atom. The number of amides is 2. The molecule has 2 aromatic carbocycles. The van der Waals surface area contributed by atoms with E-state index >= 15 is 0 Å². The summed E-state index contributed by atoms with van der Waals surface area (Å²) in [5, 5.41) is 2.55. The number of anilines is 2. The molecule has 4 rings (SSSR count). The summed E-state index contributed by atoms with van der Waals surface area (Å²) in [6.07, 6.45) is 0. The SMILES string of the molecule is CC(CS(=O)(=O)c1ccc2c(c1)NC(=O)C(C)S2)C(=O)N1CCN(c2ccccc2)CC1. The number of piperazine rings is 1. The molecular weight excluding hydrogens is 446 g/mol. The highest BCUT2D eigenvalue weighted by Crippen LogP contribution is 2.37. The molecule has 2 atom stereocenters. The van der Waals surface area contributed by atoms with Crippen molar-refractivity contribution >= 4 is 44.8 Å². The van der Waals surface area contributed by atoms with Gasteiger partial charge in [0, 0.05) is 42.7 Å². The molecule has 0 aromatic heterocycles. The van der Waals surface area contributed by atoms with Gasteiger partial charge in [-0.2, -0.15) is 0 Å². The molecule has 0 aliphatic carbocycles. The predicted octanol–water partition coefficient (Wildman–Crippen LogP) is 2.88. The van der Waals surface area contributed by atoms with Crippen LogP contribution in [0.1, 0.15) is 13.8 Å². The number of carbonyl (C=O) groups is 2. The first-order valence-corrected chi connectivity index (χ1v) is 13.2. The van der Waals surface area contributed by atoms with E-state index in [9.17, 15) is 18.0 Å². The van der Waals surface area contributed by atoms with Crippen molar-refractivity contribution in [1.29, 1.82) is 0 Å². The number of para-hydroxylation sites is 1. The lowest BCUT2D eigenvalue weighted by atomic mass is 10.1. The summed E-state index contributed by atoms with van der Waals surface area (Å²) in [6.45, 7) is 6.05. The van der Waals surface area contributed by atoms with E-state index < -0.39 is 15.8 Å². The molecule has 0 spiro atoms. The van der Waals surface area contributed by atoms with E-state index in [2.05, 4.69) is 10.2 Å². The maximum atomic E-state index is 13.0. The average molecular weight is 474 g/mol. The summed E-state index contributed by atoms with van der Waals surface area (Å²) in [6, 6.07) is 14.8. The van der Waals surface area contributed by atoms with Gasteiger partial charge in [-0.15, -0.1) is 11.8 Å². The van der Waals surface area contributed by atoms with Crippen molar-refractivity contribution in [3.05, 3.63) is 48.5 Å². The van der Waals surface area contributed by atoms with E-state index in [-0.39, 0.29) is 27.7 Å². The molecule has 1 saturated heterocycles. The van der Waals surface area contributed by atoms with E-state index in [4.69, 9.17) is 0 Å². The van der Waals surface area contributed by atoms with Gasteiger partial charge in [-0.25, -0.2) is 8.42 Å². The quantitative estimate of drug-likeness (QED) is 0.719. The summed E-state index contributed by atoms with van der Waals surface area (Å²) < 4.78 is 26.0. The zero-order valence-corrected chi connectivity index (χ0v) is 19.8. The zero-order valence-electron chi connectivity index (χ0n) is 18.2. The van der Waals surface area contributed by atoms with Gasteiger partial charge in [0.1, 0.15) is 0 Å². The molecule has 2 aromatic rings. The molecule has 32 heavy (non-hydrogen) atoms. The maximum Gasteiger partial charge on any atom is 0.237 e. The van der Waals surface area contributed by atoms with Gasteiger partial charge in [-0.3, -0.25) is 9.59 Å². The average Bonchev–Trinajstić information content (AvgIpc) is 2.79. The minimum absolute atomic E-state index is 0.125. The van der Waals surface area contributed by atoms with Crippen LogP contribution < -0.4 is 10.2 Å². The van der Waals surface area contributed by atoms with Gasteiger partial charge in [-0.1, -0.05) is 25.1 Å². The van der Waals surface area contributed by atoms with E-state index in [1.807, 2.05) is 30.3 Å². The lowest BCUT2D eigenvalue weighted by Crippen LogP contribution is -2.50. The second-order valence-corrected chi connectivity index (χ2v) is 11.7. The molecule has 0 radical (unpaired) electrons. The van der Waals surface area contributed by atoms with Crippen molar-refractivity contribution in [1.82, 2.24) is 4.90 Å². The van der Waals surface area contributed by atoms with E-state index in [0.717, 1.165) is 23.7 Å². The Kier molecular flexibility index (Phi) is 6.48. The lowest BCUT2D eigenvalue weighted by Gasteiger charge is -2.37. The minimum Gasteiger partial charge on any atom is -0.368 e. The number of rotatable bonds is 5. The van der Waals surface area contributed by atoms with Gasteiger partial charge in [0.05, 0.1) is 21.6 Å². The molecule has 0 bridgehead atoms. The molecule has 2 heterocycles. The van der Waals surface area contributed by atoms with Crippen LogP contribution in [0.25, 0.3) is 0 Å². The van der Waals surface area contributed by atoms with Gasteiger partial charge < -0.3 is 15.1 Å². The Bertz CT molecular complexity index is 1110. The number of hydrogen-bond acceptors (Lipinski definition) is 6. The van der Waals surface area contributed by atoms with Crippen molar-refractivity contribution in [2.45, 2.75) is 28.9 Å². The topological polar surface area (TPSA) is 86.8 Å². The lowest BCUT2D eigenvalue weighted by molar-refractivity contribution is -0.134. The molecular formula is C23H27N3O4S2. The molecule has 2 aliphatic rings. The van der Waals surface area contributed by atoms with Crippen LogP contribution in [-0.4, -0.2) is 62.3 Å². The van der Waals surface area contributed by atoms with Crippen LogP contribution in [0.4, 0.5) is 11.4 Å². The standard InChI is InChI=1S/C23H27N3O4S2/c1-16(23(28)26-12-10-25(11-13-26)18-6-4-3-5-7-18)15-32(29,30)19-8-9-21-20(14-19)24-22(27)17(2)31-21/h3-9,14,16-17H,10-13,15H2,1-2H3,(H,24,27). The number of fused-ring (bicyclic) bond motifs is 1. The summed E-state index contributed by atoms with van der Waals surface area (Å²) in [4.78, 5) is 29.8. The number of nitrogens with one attached hydrogen (secondary N) is 1. The highest BCUT2D eigenvalue weighted by molar-refractivity contribution is 8.01. The van der Waals surface area contributed by atoms with Crippen LogP contribution >= 0.6 is 11.8 Å². The zero-order chi connectivity index (χ0) is 22.9. The van der Waals surface area contributed by atoms with Crippen LogP contribution in [-0.2, 0) is 19.4 Å². The van der Waals surface area contributed by atoms with Crippen molar-refractivity contribution in [3.8, 4) is 0 Å². The van der Waals surface area contributed by atoms with Crippen molar-refractivity contribution in [2.75, 3.05) is 42.1 Å². The van der Waals surface area contributed by atoms with Gasteiger partial charge in [0.25, 0.3) is 0 Å². The first-order chi connectivity index (χ1) is 15.2. The molecule has 1 N–H and O–H groups in total. The summed E-state index contributed by atoms with van der Waals surface area (Å²) in [5.41, 5.74) is 1.64. The smallest absolute Gasteiger partial charge is 0.237 e. The molecule has 170 valence electrons. The fourth-order valence-electron chi connectivity index (χ4n) is 4.01. The number of carbonyl (C=O) groups excluding carboxylic acids is 2. The molecule has 7 nitrogen and oxygen atoms in total. The van der Waals surface area contributed by atoms with E-state index in [1.54, 1.807) is 30.9 Å². The first kappa shape index (κ1) is 22.7. The molecule has 0 saturated carbocycles. The van der Waals surface area contributed by atoms with Crippen LogP contribution in [0, 0.1) is 5.92 Å². The van der Waals surface area contributed by atoms with Gasteiger partial charge in [-0.05, 0) is 37.3 Å². The third kappa shape index (κ3) is 4.78. The van der Waals surface area contributed by atoms with E-state index in [0.29, 0.717) is 18.8 Å². The van der Waals surface area contributed by atoms with Crippen LogP contribution in [0.15, 0.2) is 58.3 Å². The van der Waals surface area contributed by atoms with Crippen molar-refractivity contribution < 1.29 is 18.0 Å². The second kappa shape index (κ2) is 9.15. The largest absolute Gasteiger partial charge is 0.368 e. The van der Waals surface area contributed by atoms with Crippen molar-refractivity contribution in [2.24, 2.45) is 5.92 Å². The molecule has 2 unspecified atom stereocenters. The predicted molar refractivity (Wildman–Crippen MR) is 127 cm³/mol. The number of thioether (sulfide) groups is 1. The third-order valence-electron chi connectivity index (χ3n) is 5.84. The summed E-state index contributed by atoms with van der Waals surface area (Å²) >= 11 is 1.40. The summed E-state index contributed by atoms with van der Waals surface area (Å²) in [5.74, 6) is -1.20. The number of hydrogen-bond donors (Lipinski definition) is 1. The fraction of sp³-hybridized carbons (Fsp3) is 0.391. The number of sulfone groups is 1. The Morgan fingerprint density at radius 2 is 1.81 bits per heavy atom. The number of benzene rings is 2. The normalized spacial score (nSPS) is 19.8. The second-order valence-electron chi connectivity index (χ2n) is 8.24. The van der Waals surface area contributed by atoms with Crippen molar-refractivity contribution in [3.63, 3.8) is 0 Å².